The molecule has 2 N–H and O–H groups in total. The van der Waals surface area contributed by atoms with Crippen molar-refractivity contribution in [3.05, 3.63) is 86.3 Å². The number of rotatable bonds is 4. The van der Waals surface area contributed by atoms with Crippen molar-refractivity contribution in [3.8, 4) is 17.8 Å². The van der Waals surface area contributed by atoms with Gasteiger partial charge in [-0.25, -0.2) is 5.01 Å². The molecule has 164 valence electrons. The van der Waals surface area contributed by atoms with Gasteiger partial charge in [0.05, 0.1) is 23.0 Å². The van der Waals surface area contributed by atoms with E-state index in [1.54, 1.807) is 5.01 Å². The highest BCUT2D eigenvalue weighted by atomic mass is 127. The van der Waals surface area contributed by atoms with Gasteiger partial charge in [-0.05, 0) is 97.0 Å². The molecule has 2 heterocycles. The van der Waals surface area contributed by atoms with E-state index in [0.717, 1.165) is 28.3 Å². The Kier molecular flexibility index (Phi) is 6.37. The summed E-state index contributed by atoms with van der Waals surface area (Å²) in [6.45, 7) is 6.17. The molecule has 4 rings (SSSR count). The van der Waals surface area contributed by atoms with Gasteiger partial charge in [-0.15, -0.1) is 0 Å². The minimum absolute atomic E-state index is 0.342. The van der Waals surface area contributed by atoms with Gasteiger partial charge < -0.3 is 10.3 Å². The Labute approximate surface area is 207 Å². The molecule has 0 radical (unpaired) electrons. The largest absolute Gasteiger partial charge is 0.318 e. The van der Waals surface area contributed by atoms with Crippen LogP contribution in [0.15, 0.2) is 65.3 Å². The van der Waals surface area contributed by atoms with Crippen LogP contribution in [0, 0.1) is 52.9 Å². The van der Waals surface area contributed by atoms with Crippen LogP contribution < -0.4 is 10.7 Å². The number of hydrogen-bond acceptors (Lipinski definition) is 5. The van der Waals surface area contributed by atoms with Gasteiger partial charge in [0.1, 0.15) is 18.2 Å². The molecule has 0 bridgehead atoms. The van der Waals surface area contributed by atoms with Gasteiger partial charge in [-0.1, -0.05) is 18.2 Å². The number of halogens is 1. The summed E-state index contributed by atoms with van der Waals surface area (Å²) in [5.41, 5.74) is 13.1. The van der Waals surface area contributed by atoms with Gasteiger partial charge in [-0.3, -0.25) is 0 Å². The van der Waals surface area contributed by atoms with Crippen LogP contribution in [0.25, 0.3) is 11.8 Å². The van der Waals surface area contributed by atoms with E-state index in [2.05, 4.69) is 69.5 Å². The van der Waals surface area contributed by atoms with Gasteiger partial charge in [-0.2, -0.15) is 15.6 Å². The smallest absolute Gasteiger partial charge is 0.127 e. The lowest BCUT2D eigenvalue weighted by Gasteiger charge is -2.21. The first-order valence-electron chi connectivity index (χ1n) is 10.5. The third-order valence-electron chi connectivity index (χ3n) is 5.86. The highest BCUT2D eigenvalue weighted by Crippen LogP contribution is 2.30. The van der Waals surface area contributed by atoms with Crippen molar-refractivity contribution in [2.75, 3.05) is 5.01 Å². The Bertz CT molecular complexity index is 1350. The van der Waals surface area contributed by atoms with Gasteiger partial charge in [0.15, 0.2) is 0 Å². The highest BCUT2D eigenvalue weighted by molar-refractivity contribution is 14.1. The summed E-state index contributed by atoms with van der Waals surface area (Å²) in [7, 11) is 0. The van der Waals surface area contributed by atoms with Crippen LogP contribution in [-0.2, 0) is 0 Å². The molecule has 6 nitrogen and oxygen atoms in total. The van der Waals surface area contributed by atoms with E-state index in [0.29, 0.717) is 11.3 Å². The van der Waals surface area contributed by atoms with Crippen LogP contribution in [0.2, 0.25) is 0 Å². The lowest BCUT2D eigenvalue weighted by atomic mass is 9.95. The zero-order valence-corrected chi connectivity index (χ0v) is 20.8. The quantitative estimate of drug-likeness (QED) is 0.359. The molecule has 7 heteroatoms. The van der Waals surface area contributed by atoms with Gasteiger partial charge in [0.25, 0.3) is 0 Å². The predicted molar refractivity (Wildman–Crippen MR) is 140 cm³/mol. The van der Waals surface area contributed by atoms with E-state index < -0.39 is 12.1 Å². The Morgan fingerprint density at radius 1 is 1.06 bits per heavy atom. The van der Waals surface area contributed by atoms with Crippen molar-refractivity contribution >= 4 is 40.1 Å². The topological polar surface area (TPSA) is 94.1 Å². The standard InChI is InChI=1S/C26H23IN6/c1-16-11-22(9-10-24(16)27)32-17(2)12-19(18(32)3)13-20(14-28)25-23(15-29)26(30)33(31-25)21-7-5-4-6-8-21/h4-13,23,26H,30H2,1-3H3/b20-13-/t23-,26+/m0/s1. The first-order chi connectivity index (χ1) is 15.8. The van der Waals surface area contributed by atoms with Crippen molar-refractivity contribution in [3.63, 3.8) is 0 Å². The zero-order valence-electron chi connectivity index (χ0n) is 18.6. The van der Waals surface area contributed by atoms with E-state index in [9.17, 15) is 10.5 Å². The molecule has 2 aromatic carbocycles. The predicted octanol–water partition coefficient (Wildman–Crippen LogP) is 5.21. The van der Waals surface area contributed by atoms with Crippen molar-refractivity contribution in [2.24, 2.45) is 16.8 Å². The Morgan fingerprint density at radius 3 is 2.42 bits per heavy atom. The van der Waals surface area contributed by atoms with Crippen molar-refractivity contribution in [1.29, 1.82) is 10.5 Å². The SMILES string of the molecule is Cc1cc(-n2c(C)cc(/C=C(/C#N)C3=NN(c4ccccc4)[C@@H](N)[C@H]3C#N)c2C)ccc1I. The van der Waals surface area contributed by atoms with E-state index in [4.69, 9.17) is 5.73 Å². The second-order valence-electron chi connectivity index (χ2n) is 8.03. The van der Waals surface area contributed by atoms with Gasteiger partial charge in [0, 0.05) is 20.6 Å². The monoisotopic (exact) mass is 546 g/mol. The highest BCUT2D eigenvalue weighted by Gasteiger charge is 2.37. The summed E-state index contributed by atoms with van der Waals surface area (Å²) >= 11 is 2.33. The number of nitrogens with zero attached hydrogens (tertiary/aromatic N) is 5. The minimum Gasteiger partial charge on any atom is -0.318 e. The summed E-state index contributed by atoms with van der Waals surface area (Å²) in [6, 6.07) is 22.3. The molecule has 0 aliphatic carbocycles. The van der Waals surface area contributed by atoms with Crippen molar-refractivity contribution < 1.29 is 0 Å². The van der Waals surface area contributed by atoms with E-state index in [-0.39, 0.29) is 0 Å². The summed E-state index contributed by atoms with van der Waals surface area (Å²) < 4.78 is 3.39. The van der Waals surface area contributed by atoms with Gasteiger partial charge >= 0.3 is 0 Å². The number of hydrogen-bond donors (Lipinski definition) is 1. The maximum absolute atomic E-state index is 9.98. The number of nitriles is 2. The molecular weight excluding hydrogens is 523 g/mol. The molecule has 0 saturated heterocycles. The Morgan fingerprint density at radius 2 is 1.79 bits per heavy atom. The molecule has 0 amide bonds. The van der Waals surface area contributed by atoms with Crippen LogP contribution in [-0.4, -0.2) is 16.4 Å². The first kappa shape index (κ1) is 22.8. The average Bonchev–Trinajstić information content (AvgIpc) is 3.29. The second kappa shape index (κ2) is 9.22. The number of anilines is 1. The Hall–Kier alpha value is -3.40. The number of allylic oxidation sites excluding steroid dienone is 1. The molecule has 0 spiro atoms. The number of benzene rings is 2. The van der Waals surface area contributed by atoms with Crippen molar-refractivity contribution in [2.45, 2.75) is 26.9 Å². The van der Waals surface area contributed by atoms with Crippen molar-refractivity contribution in [1.82, 2.24) is 4.57 Å². The third-order valence-corrected chi connectivity index (χ3v) is 7.07. The summed E-state index contributed by atoms with van der Waals surface area (Å²) in [5.74, 6) is -0.710. The zero-order chi connectivity index (χ0) is 23.7. The van der Waals surface area contributed by atoms with E-state index in [1.807, 2.05) is 56.3 Å². The third kappa shape index (κ3) is 4.18. The number of nitrogens with two attached hydrogens (primary N) is 1. The maximum Gasteiger partial charge on any atom is 0.127 e. The molecule has 1 aliphatic heterocycles. The first-order valence-corrected chi connectivity index (χ1v) is 11.6. The molecule has 3 aromatic rings. The van der Waals surface area contributed by atoms with Crippen LogP contribution in [0.5, 0.6) is 0 Å². The number of aromatic nitrogens is 1. The van der Waals surface area contributed by atoms with Crippen LogP contribution in [0.3, 0.4) is 0 Å². The number of hydrazone groups is 1. The lowest BCUT2D eigenvalue weighted by molar-refractivity contribution is 0.624. The molecule has 1 aliphatic rings. The fraction of sp³-hybridized carbons (Fsp3) is 0.192. The molecule has 2 atom stereocenters. The lowest BCUT2D eigenvalue weighted by Crippen LogP contribution is -2.40. The molecular formula is C26H23IN6. The Balaban J connectivity index is 1.77. The second-order valence-corrected chi connectivity index (χ2v) is 9.19. The van der Waals surface area contributed by atoms with Gasteiger partial charge in [0.2, 0.25) is 0 Å². The molecule has 33 heavy (non-hydrogen) atoms. The van der Waals surface area contributed by atoms with Crippen LogP contribution in [0.4, 0.5) is 5.69 Å². The molecule has 0 unspecified atom stereocenters. The minimum atomic E-state index is -0.710. The summed E-state index contributed by atoms with van der Waals surface area (Å²) in [4.78, 5) is 0. The molecule has 1 aromatic heterocycles. The fourth-order valence-corrected chi connectivity index (χ4v) is 4.47. The number of para-hydroxylation sites is 1. The van der Waals surface area contributed by atoms with Crippen LogP contribution >= 0.6 is 22.6 Å². The normalized spacial score (nSPS) is 18.1. The summed E-state index contributed by atoms with van der Waals surface area (Å²) in [5, 5.41) is 26.0. The molecule has 0 saturated carbocycles. The fourth-order valence-electron chi connectivity index (χ4n) is 4.14. The van der Waals surface area contributed by atoms with E-state index in [1.165, 1.54) is 9.13 Å². The van der Waals surface area contributed by atoms with Crippen LogP contribution in [0.1, 0.15) is 22.5 Å². The molecule has 0 fully saturated rings. The maximum atomic E-state index is 9.98. The van der Waals surface area contributed by atoms with E-state index >= 15 is 0 Å². The summed E-state index contributed by atoms with van der Waals surface area (Å²) in [6.07, 6.45) is 1.15. The number of aryl methyl sites for hydroxylation is 2. The average molecular weight is 546 g/mol.